The van der Waals surface area contributed by atoms with Gasteiger partial charge < -0.3 is 9.73 Å². The number of imidazole rings is 1. The highest BCUT2D eigenvalue weighted by molar-refractivity contribution is 7.13. The lowest BCUT2D eigenvalue weighted by atomic mass is 10.1. The number of furan rings is 1. The molecule has 1 N–H and O–H groups in total. The minimum Gasteiger partial charge on any atom is -0.463 e. The Kier molecular flexibility index (Phi) is 3.39. The largest absolute Gasteiger partial charge is 0.463 e. The summed E-state index contributed by atoms with van der Waals surface area (Å²) >= 11 is 1.64. The maximum atomic E-state index is 5.59. The summed E-state index contributed by atoms with van der Waals surface area (Å²) in [6.45, 7) is 0. The van der Waals surface area contributed by atoms with Crippen LogP contribution in [0.15, 0.2) is 59.0 Å². The molecule has 0 saturated carbocycles. The second-order valence-electron chi connectivity index (χ2n) is 4.77. The summed E-state index contributed by atoms with van der Waals surface area (Å²) in [5.74, 6) is 1.99. The molecular formula is C16H13N5OS. The van der Waals surface area contributed by atoms with E-state index in [9.17, 15) is 0 Å². The van der Waals surface area contributed by atoms with Gasteiger partial charge in [0.2, 0.25) is 5.95 Å². The predicted octanol–water partition coefficient (Wildman–Crippen LogP) is 3.69. The zero-order valence-corrected chi connectivity index (χ0v) is 13.1. The molecule has 0 aliphatic carbocycles. The molecule has 0 aliphatic rings. The number of anilines is 1. The van der Waals surface area contributed by atoms with Gasteiger partial charge in [0.25, 0.3) is 0 Å². The average molecular weight is 323 g/mol. The van der Waals surface area contributed by atoms with Crippen molar-refractivity contribution in [3.63, 3.8) is 0 Å². The van der Waals surface area contributed by atoms with Crippen molar-refractivity contribution < 1.29 is 4.42 Å². The van der Waals surface area contributed by atoms with E-state index in [0.717, 1.165) is 22.0 Å². The van der Waals surface area contributed by atoms with Crippen molar-refractivity contribution in [1.82, 2.24) is 19.5 Å². The summed E-state index contributed by atoms with van der Waals surface area (Å²) in [6, 6.07) is 7.81. The quantitative estimate of drug-likeness (QED) is 0.620. The normalized spacial score (nSPS) is 10.8. The lowest BCUT2D eigenvalue weighted by Gasteiger charge is -2.13. The summed E-state index contributed by atoms with van der Waals surface area (Å²) in [4.78, 5) is 14.5. The first-order valence-corrected chi connectivity index (χ1v) is 7.90. The molecular weight excluding hydrogens is 310 g/mol. The Morgan fingerprint density at radius 1 is 1.22 bits per heavy atom. The molecule has 0 aromatic carbocycles. The molecule has 7 heteroatoms. The molecule has 4 aromatic heterocycles. The van der Waals surface area contributed by atoms with Crippen LogP contribution in [-0.2, 0) is 0 Å². The fourth-order valence-electron chi connectivity index (χ4n) is 2.37. The Hall–Kier alpha value is -2.93. The number of rotatable bonds is 4. The first-order chi connectivity index (χ1) is 11.4. The van der Waals surface area contributed by atoms with Crippen molar-refractivity contribution in [3.8, 4) is 27.8 Å². The van der Waals surface area contributed by atoms with E-state index in [-0.39, 0.29) is 0 Å². The Labute approximate surface area is 136 Å². The van der Waals surface area contributed by atoms with Crippen LogP contribution in [0.5, 0.6) is 0 Å². The summed E-state index contributed by atoms with van der Waals surface area (Å²) in [5.41, 5.74) is 1.68. The van der Waals surface area contributed by atoms with Crippen LogP contribution in [0.4, 0.5) is 5.82 Å². The van der Waals surface area contributed by atoms with Crippen molar-refractivity contribution in [2.45, 2.75) is 0 Å². The molecule has 0 radical (unpaired) electrons. The highest BCUT2D eigenvalue weighted by Gasteiger charge is 2.20. The Balaban J connectivity index is 2.01. The van der Waals surface area contributed by atoms with Gasteiger partial charge in [0.05, 0.1) is 11.8 Å². The van der Waals surface area contributed by atoms with Gasteiger partial charge in [-0.15, -0.1) is 11.3 Å². The molecule has 4 heterocycles. The maximum absolute atomic E-state index is 5.59. The van der Waals surface area contributed by atoms with Gasteiger partial charge >= 0.3 is 0 Å². The van der Waals surface area contributed by atoms with E-state index < -0.39 is 0 Å². The molecule has 4 aromatic rings. The molecule has 23 heavy (non-hydrogen) atoms. The molecule has 0 saturated heterocycles. The second kappa shape index (κ2) is 5.69. The van der Waals surface area contributed by atoms with Crippen molar-refractivity contribution in [2.75, 3.05) is 12.4 Å². The van der Waals surface area contributed by atoms with Gasteiger partial charge in [-0.3, -0.25) is 4.57 Å². The van der Waals surface area contributed by atoms with E-state index in [1.54, 1.807) is 34.7 Å². The van der Waals surface area contributed by atoms with Crippen LogP contribution in [0, 0.1) is 0 Å². The standard InChI is InChI=1S/C16H13N5OS/c1-17-15-13(12-5-3-9-23-12)14(11-4-2-8-22-11)19-16(20-15)21-7-6-18-10-21/h2-10H,1H3,(H,17,19,20). The topological polar surface area (TPSA) is 68.8 Å². The number of nitrogens with one attached hydrogen (secondary N) is 1. The van der Waals surface area contributed by atoms with Crippen LogP contribution in [0.2, 0.25) is 0 Å². The highest BCUT2D eigenvalue weighted by atomic mass is 32.1. The van der Waals surface area contributed by atoms with E-state index in [1.165, 1.54) is 0 Å². The van der Waals surface area contributed by atoms with Gasteiger partial charge in [-0.05, 0) is 23.6 Å². The van der Waals surface area contributed by atoms with E-state index in [1.807, 2.05) is 42.9 Å². The molecule has 0 aliphatic heterocycles. The number of hydrogen-bond acceptors (Lipinski definition) is 6. The van der Waals surface area contributed by atoms with Crippen LogP contribution in [0.25, 0.3) is 27.8 Å². The number of hydrogen-bond donors (Lipinski definition) is 1. The average Bonchev–Trinajstić information content (AvgIpc) is 3.36. The van der Waals surface area contributed by atoms with Gasteiger partial charge in [-0.2, -0.15) is 4.98 Å². The van der Waals surface area contributed by atoms with Crippen LogP contribution in [0.1, 0.15) is 0 Å². The fraction of sp³-hybridized carbons (Fsp3) is 0.0625. The molecule has 0 unspecified atom stereocenters. The highest BCUT2D eigenvalue weighted by Crippen LogP contribution is 2.38. The monoisotopic (exact) mass is 323 g/mol. The summed E-state index contributed by atoms with van der Waals surface area (Å²) < 4.78 is 7.36. The Bertz CT molecular complexity index is 899. The van der Waals surface area contributed by atoms with E-state index >= 15 is 0 Å². The molecule has 0 spiro atoms. The van der Waals surface area contributed by atoms with E-state index in [2.05, 4.69) is 15.3 Å². The van der Waals surface area contributed by atoms with Crippen LogP contribution in [0.3, 0.4) is 0 Å². The molecule has 0 bridgehead atoms. The molecule has 6 nitrogen and oxygen atoms in total. The van der Waals surface area contributed by atoms with Gasteiger partial charge in [0, 0.05) is 24.3 Å². The molecule has 0 atom stereocenters. The Morgan fingerprint density at radius 2 is 2.17 bits per heavy atom. The third-order valence-electron chi connectivity index (χ3n) is 3.39. The number of thiophene rings is 1. The minimum atomic E-state index is 0.540. The van der Waals surface area contributed by atoms with Crippen molar-refractivity contribution in [3.05, 3.63) is 54.6 Å². The summed E-state index contributed by atoms with van der Waals surface area (Å²) in [7, 11) is 1.85. The van der Waals surface area contributed by atoms with E-state index in [4.69, 9.17) is 9.40 Å². The molecule has 0 amide bonds. The molecule has 0 fully saturated rings. The fourth-order valence-corrected chi connectivity index (χ4v) is 3.14. The smallest absolute Gasteiger partial charge is 0.237 e. The lowest BCUT2D eigenvalue weighted by molar-refractivity contribution is 0.580. The van der Waals surface area contributed by atoms with Crippen molar-refractivity contribution in [1.29, 1.82) is 0 Å². The number of aromatic nitrogens is 4. The Morgan fingerprint density at radius 3 is 2.83 bits per heavy atom. The third-order valence-corrected chi connectivity index (χ3v) is 4.28. The van der Waals surface area contributed by atoms with E-state index in [0.29, 0.717) is 11.7 Å². The maximum Gasteiger partial charge on any atom is 0.237 e. The van der Waals surface area contributed by atoms with Gasteiger partial charge in [-0.1, -0.05) is 6.07 Å². The zero-order valence-electron chi connectivity index (χ0n) is 12.3. The molecule has 4 rings (SSSR count). The predicted molar refractivity (Wildman–Crippen MR) is 89.7 cm³/mol. The van der Waals surface area contributed by atoms with Crippen LogP contribution >= 0.6 is 11.3 Å². The SMILES string of the molecule is CNc1nc(-n2ccnc2)nc(-c2ccco2)c1-c1cccs1. The van der Waals surface area contributed by atoms with Gasteiger partial charge in [0.15, 0.2) is 5.76 Å². The number of nitrogens with zero attached hydrogens (tertiary/aromatic N) is 4. The second-order valence-corrected chi connectivity index (χ2v) is 5.72. The minimum absolute atomic E-state index is 0.540. The molecule has 114 valence electrons. The summed E-state index contributed by atoms with van der Waals surface area (Å²) in [5, 5.41) is 5.20. The van der Waals surface area contributed by atoms with Crippen molar-refractivity contribution >= 4 is 17.2 Å². The lowest BCUT2D eigenvalue weighted by Crippen LogP contribution is -2.06. The third kappa shape index (κ3) is 2.40. The van der Waals surface area contributed by atoms with Crippen LogP contribution in [-0.4, -0.2) is 26.6 Å². The van der Waals surface area contributed by atoms with Crippen molar-refractivity contribution in [2.24, 2.45) is 0 Å². The van der Waals surface area contributed by atoms with Gasteiger partial charge in [-0.25, -0.2) is 9.97 Å². The van der Waals surface area contributed by atoms with Crippen LogP contribution < -0.4 is 5.32 Å². The first-order valence-electron chi connectivity index (χ1n) is 7.02. The zero-order chi connectivity index (χ0) is 15.6. The van der Waals surface area contributed by atoms with Gasteiger partial charge in [0.1, 0.15) is 17.8 Å². The summed E-state index contributed by atoms with van der Waals surface area (Å²) in [6.07, 6.45) is 6.82. The first kappa shape index (κ1) is 13.7.